The Labute approximate surface area is 123 Å². The quantitative estimate of drug-likeness (QED) is 0.847. The van der Waals surface area contributed by atoms with Crippen LogP contribution in [0.1, 0.15) is 24.2 Å². The van der Waals surface area contributed by atoms with Gasteiger partial charge in [0.2, 0.25) is 0 Å². The molecular formula is C15H16FN3S. The molecular weight excluding hydrogens is 273 g/mol. The predicted octanol–water partition coefficient (Wildman–Crippen LogP) is 3.58. The van der Waals surface area contributed by atoms with Crippen molar-refractivity contribution in [3.63, 3.8) is 0 Å². The van der Waals surface area contributed by atoms with Crippen LogP contribution in [0.2, 0.25) is 0 Å². The van der Waals surface area contributed by atoms with Gasteiger partial charge in [0.25, 0.3) is 0 Å². The number of nitrogens with one attached hydrogen (secondary N) is 2. The van der Waals surface area contributed by atoms with Crippen LogP contribution in [0.15, 0.2) is 42.6 Å². The summed E-state index contributed by atoms with van der Waals surface area (Å²) in [5, 5.41) is 6.51. The van der Waals surface area contributed by atoms with Crippen molar-refractivity contribution in [2.75, 3.05) is 5.32 Å². The number of rotatable bonds is 3. The molecule has 0 aliphatic rings. The average molecular weight is 289 g/mol. The van der Waals surface area contributed by atoms with Gasteiger partial charge in [0.05, 0.1) is 11.7 Å². The summed E-state index contributed by atoms with van der Waals surface area (Å²) in [5.74, 6) is -0.254. The third-order valence-corrected chi connectivity index (χ3v) is 3.13. The Kier molecular flexibility index (Phi) is 4.63. The maximum atomic E-state index is 13.4. The maximum Gasteiger partial charge on any atom is 0.171 e. The van der Waals surface area contributed by atoms with E-state index in [1.807, 2.05) is 25.1 Å². The van der Waals surface area contributed by atoms with Crippen LogP contribution in [0.5, 0.6) is 0 Å². The Morgan fingerprint density at radius 1 is 1.30 bits per heavy atom. The van der Waals surface area contributed by atoms with Crippen LogP contribution < -0.4 is 10.6 Å². The fourth-order valence-corrected chi connectivity index (χ4v) is 2.04. The monoisotopic (exact) mass is 289 g/mol. The van der Waals surface area contributed by atoms with E-state index < -0.39 is 0 Å². The summed E-state index contributed by atoms with van der Waals surface area (Å²) in [6.45, 7) is 3.69. The Morgan fingerprint density at radius 2 is 2.10 bits per heavy atom. The van der Waals surface area contributed by atoms with Gasteiger partial charge in [-0.25, -0.2) is 4.39 Å². The number of nitrogens with zero attached hydrogens (tertiary/aromatic N) is 1. The summed E-state index contributed by atoms with van der Waals surface area (Å²) in [5.41, 5.74) is 2.13. The minimum atomic E-state index is -0.254. The Bertz CT molecular complexity index is 601. The summed E-state index contributed by atoms with van der Waals surface area (Å²) in [4.78, 5) is 4.25. The molecule has 5 heteroatoms. The average Bonchev–Trinajstić information content (AvgIpc) is 2.44. The molecule has 3 nitrogen and oxygen atoms in total. The second-order valence-electron chi connectivity index (χ2n) is 4.54. The van der Waals surface area contributed by atoms with Crippen LogP contribution in [-0.2, 0) is 0 Å². The molecule has 0 spiro atoms. The molecule has 1 heterocycles. The van der Waals surface area contributed by atoms with E-state index in [4.69, 9.17) is 12.2 Å². The van der Waals surface area contributed by atoms with Crippen LogP contribution in [0.25, 0.3) is 0 Å². The third-order valence-electron chi connectivity index (χ3n) is 2.91. The molecule has 0 saturated carbocycles. The SMILES string of the molecule is Cc1ccc(NC(=S)N[C@H](C)c2ccccn2)cc1F. The maximum absolute atomic E-state index is 13.4. The topological polar surface area (TPSA) is 37.0 Å². The van der Waals surface area contributed by atoms with Crippen LogP contribution in [0.4, 0.5) is 10.1 Å². The molecule has 0 aliphatic heterocycles. The molecule has 2 aromatic rings. The summed E-state index contributed by atoms with van der Waals surface area (Å²) < 4.78 is 13.4. The summed E-state index contributed by atoms with van der Waals surface area (Å²) in [7, 11) is 0. The molecule has 0 amide bonds. The standard InChI is InChI=1S/C15H16FN3S/c1-10-6-7-12(9-13(10)16)19-15(20)18-11(2)14-5-3-4-8-17-14/h3-9,11H,1-2H3,(H2,18,19,20)/t11-/m1/s1. The van der Waals surface area contributed by atoms with Gasteiger partial charge in [0.1, 0.15) is 5.82 Å². The molecule has 0 bridgehead atoms. The van der Waals surface area contributed by atoms with Crippen molar-refractivity contribution >= 4 is 23.0 Å². The van der Waals surface area contributed by atoms with E-state index in [0.29, 0.717) is 16.4 Å². The second kappa shape index (κ2) is 6.43. The fourth-order valence-electron chi connectivity index (χ4n) is 1.74. The summed E-state index contributed by atoms with van der Waals surface area (Å²) in [6, 6.07) is 10.6. The van der Waals surface area contributed by atoms with Crippen LogP contribution in [-0.4, -0.2) is 10.1 Å². The first kappa shape index (κ1) is 14.4. The lowest BCUT2D eigenvalue weighted by molar-refractivity contribution is 0.619. The first-order chi connectivity index (χ1) is 9.56. The van der Waals surface area contributed by atoms with Crippen molar-refractivity contribution in [3.8, 4) is 0 Å². The molecule has 1 aromatic carbocycles. The van der Waals surface area contributed by atoms with E-state index in [1.54, 1.807) is 25.3 Å². The van der Waals surface area contributed by atoms with Crippen LogP contribution in [0.3, 0.4) is 0 Å². The minimum Gasteiger partial charge on any atom is -0.354 e. The fraction of sp³-hybridized carbons (Fsp3) is 0.200. The number of anilines is 1. The van der Waals surface area contributed by atoms with Crippen molar-refractivity contribution < 1.29 is 4.39 Å². The van der Waals surface area contributed by atoms with Crippen LogP contribution in [0, 0.1) is 12.7 Å². The number of pyridine rings is 1. The Balaban J connectivity index is 1.97. The molecule has 20 heavy (non-hydrogen) atoms. The highest BCUT2D eigenvalue weighted by Gasteiger charge is 2.08. The van der Waals surface area contributed by atoms with E-state index in [0.717, 1.165) is 5.69 Å². The highest BCUT2D eigenvalue weighted by molar-refractivity contribution is 7.80. The van der Waals surface area contributed by atoms with Gasteiger partial charge in [-0.1, -0.05) is 12.1 Å². The molecule has 0 aliphatic carbocycles. The predicted molar refractivity (Wildman–Crippen MR) is 83.1 cm³/mol. The van der Waals surface area contributed by atoms with E-state index in [-0.39, 0.29) is 11.9 Å². The highest BCUT2D eigenvalue weighted by Crippen LogP contribution is 2.14. The number of halogens is 1. The van der Waals surface area contributed by atoms with Crippen LogP contribution >= 0.6 is 12.2 Å². The van der Waals surface area contributed by atoms with Gasteiger partial charge < -0.3 is 10.6 Å². The van der Waals surface area contributed by atoms with Gasteiger partial charge in [-0.3, -0.25) is 4.98 Å². The van der Waals surface area contributed by atoms with E-state index in [1.165, 1.54) is 6.07 Å². The lowest BCUT2D eigenvalue weighted by Crippen LogP contribution is -2.31. The Hall–Kier alpha value is -2.01. The molecule has 1 aromatic heterocycles. The molecule has 2 N–H and O–H groups in total. The van der Waals surface area contributed by atoms with Crippen molar-refractivity contribution in [3.05, 3.63) is 59.7 Å². The molecule has 1 atom stereocenters. The largest absolute Gasteiger partial charge is 0.354 e. The zero-order chi connectivity index (χ0) is 14.5. The van der Waals surface area contributed by atoms with Crippen molar-refractivity contribution in [1.82, 2.24) is 10.3 Å². The van der Waals surface area contributed by atoms with E-state index in [2.05, 4.69) is 15.6 Å². The number of thiocarbonyl (C=S) groups is 1. The van der Waals surface area contributed by atoms with Gasteiger partial charge in [0, 0.05) is 11.9 Å². The van der Waals surface area contributed by atoms with Crippen molar-refractivity contribution in [2.45, 2.75) is 19.9 Å². The number of aryl methyl sites for hydroxylation is 1. The van der Waals surface area contributed by atoms with Gasteiger partial charge in [0.15, 0.2) is 5.11 Å². The van der Waals surface area contributed by atoms with Gasteiger partial charge in [-0.15, -0.1) is 0 Å². The minimum absolute atomic E-state index is 0.0218. The zero-order valence-corrected chi connectivity index (χ0v) is 12.2. The summed E-state index contributed by atoms with van der Waals surface area (Å²) >= 11 is 5.22. The molecule has 0 saturated heterocycles. The van der Waals surface area contributed by atoms with Gasteiger partial charge in [-0.2, -0.15) is 0 Å². The lowest BCUT2D eigenvalue weighted by Gasteiger charge is -2.16. The number of aromatic nitrogens is 1. The van der Waals surface area contributed by atoms with E-state index in [9.17, 15) is 4.39 Å². The van der Waals surface area contributed by atoms with Crippen molar-refractivity contribution in [1.29, 1.82) is 0 Å². The number of hydrogen-bond acceptors (Lipinski definition) is 2. The Morgan fingerprint density at radius 3 is 2.75 bits per heavy atom. The molecule has 0 radical (unpaired) electrons. The first-order valence-electron chi connectivity index (χ1n) is 6.31. The smallest absolute Gasteiger partial charge is 0.171 e. The van der Waals surface area contributed by atoms with Gasteiger partial charge in [-0.05, 0) is 55.9 Å². The molecule has 0 unspecified atom stereocenters. The highest BCUT2D eigenvalue weighted by atomic mass is 32.1. The number of hydrogen-bond donors (Lipinski definition) is 2. The molecule has 0 fully saturated rings. The summed E-state index contributed by atoms with van der Waals surface area (Å²) in [6.07, 6.45) is 1.74. The normalized spacial score (nSPS) is 11.8. The van der Waals surface area contributed by atoms with Gasteiger partial charge >= 0.3 is 0 Å². The third kappa shape index (κ3) is 3.74. The first-order valence-corrected chi connectivity index (χ1v) is 6.71. The van der Waals surface area contributed by atoms with E-state index >= 15 is 0 Å². The zero-order valence-electron chi connectivity index (χ0n) is 11.4. The molecule has 2 rings (SSSR count). The number of benzene rings is 1. The van der Waals surface area contributed by atoms with Crippen molar-refractivity contribution in [2.24, 2.45) is 0 Å². The second-order valence-corrected chi connectivity index (χ2v) is 4.95. The molecule has 104 valence electrons. The lowest BCUT2D eigenvalue weighted by atomic mass is 10.2.